The van der Waals surface area contributed by atoms with E-state index in [9.17, 15) is 0 Å². The number of piperidine rings is 1. The lowest BCUT2D eigenvalue weighted by molar-refractivity contribution is 0.194. The van der Waals surface area contributed by atoms with Crippen LogP contribution in [0.4, 0.5) is 5.69 Å². The molecule has 4 heteroatoms. The number of para-hydroxylation sites is 2. The van der Waals surface area contributed by atoms with Gasteiger partial charge >= 0.3 is 0 Å². The van der Waals surface area contributed by atoms with Crippen LogP contribution in [0.5, 0.6) is 0 Å². The van der Waals surface area contributed by atoms with Gasteiger partial charge in [-0.15, -0.1) is 0 Å². The molecule has 0 amide bonds. The van der Waals surface area contributed by atoms with Crippen LogP contribution in [0.15, 0.2) is 40.8 Å². The molecule has 0 atom stereocenters. The summed E-state index contributed by atoms with van der Waals surface area (Å²) in [5, 5.41) is 3.56. The number of aromatic nitrogens is 1. The first kappa shape index (κ1) is 15.9. The third-order valence-electron chi connectivity index (χ3n) is 5.89. The molecule has 1 saturated heterocycles. The molecule has 26 heavy (non-hydrogen) atoms. The fourth-order valence-corrected chi connectivity index (χ4v) is 4.40. The average molecular weight is 347 g/mol. The van der Waals surface area contributed by atoms with E-state index >= 15 is 0 Å². The molecule has 5 rings (SSSR count). The van der Waals surface area contributed by atoms with Crippen LogP contribution in [0.2, 0.25) is 0 Å². The van der Waals surface area contributed by atoms with Crippen LogP contribution >= 0.6 is 0 Å². The normalized spacial score (nSPS) is 18.2. The van der Waals surface area contributed by atoms with E-state index in [1.54, 1.807) is 0 Å². The Labute approximate surface area is 154 Å². The lowest BCUT2D eigenvalue weighted by atomic mass is 9.96. The highest BCUT2D eigenvalue weighted by Crippen LogP contribution is 2.33. The number of nitrogens with zero attached hydrogens (tertiary/aromatic N) is 2. The summed E-state index contributed by atoms with van der Waals surface area (Å²) < 4.78 is 6.11. The molecule has 2 aliphatic rings. The van der Waals surface area contributed by atoms with Crippen LogP contribution in [0.25, 0.3) is 11.1 Å². The summed E-state index contributed by atoms with van der Waals surface area (Å²) in [5.41, 5.74) is 7.41. The van der Waals surface area contributed by atoms with Gasteiger partial charge in [-0.25, -0.2) is 4.98 Å². The molecule has 0 aliphatic carbocycles. The van der Waals surface area contributed by atoms with E-state index in [4.69, 9.17) is 9.40 Å². The maximum Gasteiger partial charge on any atom is 0.198 e. The average Bonchev–Trinajstić information content (AvgIpc) is 3.30. The van der Waals surface area contributed by atoms with Gasteiger partial charge < -0.3 is 9.73 Å². The molecule has 0 unspecified atom stereocenters. The third-order valence-corrected chi connectivity index (χ3v) is 5.89. The van der Waals surface area contributed by atoms with E-state index in [0.717, 1.165) is 62.4 Å². The van der Waals surface area contributed by atoms with Gasteiger partial charge in [0.25, 0.3) is 0 Å². The zero-order valence-corrected chi connectivity index (χ0v) is 15.3. The topological polar surface area (TPSA) is 41.3 Å². The van der Waals surface area contributed by atoms with Gasteiger partial charge in [0.15, 0.2) is 11.5 Å². The van der Waals surface area contributed by atoms with E-state index < -0.39 is 0 Å². The van der Waals surface area contributed by atoms with Crippen molar-refractivity contribution in [1.29, 1.82) is 0 Å². The number of anilines is 1. The number of rotatable bonds is 3. The molecule has 1 aromatic heterocycles. The van der Waals surface area contributed by atoms with Crippen molar-refractivity contribution in [3.8, 4) is 0 Å². The number of oxazole rings is 1. The van der Waals surface area contributed by atoms with Crippen LogP contribution in [-0.4, -0.2) is 29.5 Å². The molecule has 0 radical (unpaired) electrons. The summed E-state index contributed by atoms with van der Waals surface area (Å²) in [6.45, 7) is 6.41. The monoisotopic (exact) mass is 347 g/mol. The molecule has 2 aromatic carbocycles. The number of nitrogens with one attached hydrogen (secondary N) is 1. The molecule has 0 saturated carbocycles. The quantitative estimate of drug-likeness (QED) is 0.758. The highest BCUT2D eigenvalue weighted by Gasteiger charge is 2.26. The van der Waals surface area contributed by atoms with Gasteiger partial charge in [-0.2, -0.15) is 0 Å². The van der Waals surface area contributed by atoms with Crippen molar-refractivity contribution in [1.82, 2.24) is 9.88 Å². The van der Waals surface area contributed by atoms with Crippen LogP contribution in [-0.2, 0) is 13.0 Å². The number of fused-ring (bicyclic) bond motifs is 2. The molecule has 0 bridgehead atoms. The number of benzene rings is 2. The second kappa shape index (κ2) is 6.44. The van der Waals surface area contributed by atoms with Crippen molar-refractivity contribution in [2.24, 2.45) is 0 Å². The summed E-state index contributed by atoms with van der Waals surface area (Å²) in [7, 11) is 0. The summed E-state index contributed by atoms with van der Waals surface area (Å²) in [4.78, 5) is 7.33. The minimum atomic E-state index is 0.442. The molecule has 1 N–H and O–H groups in total. The Morgan fingerprint density at radius 1 is 1.15 bits per heavy atom. The first-order chi connectivity index (χ1) is 12.8. The molecule has 4 nitrogen and oxygen atoms in total. The Morgan fingerprint density at radius 3 is 2.85 bits per heavy atom. The van der Waals surface area contributed by atoms with Crippen LogP contribution in [0, 0.1) is 6.92 Å². The Bertz CT molecular complexity index is 938. The second-order valence-corrected chi connectivity index (χ2v) is 7.65. The van der Waals surface area contributed by atoms with Gasteiger partial charge in [0.1, 0.15) is 5.52 Å². The van der Waals surface area contributed by atoms with Crippen molar-refractivity contribution in [2.75, 3.05) is 25.0 Å². The maximum atomic E-state index is 6.11. The predicted molar refractivity (Wildman–Crippen MR) is 105 cm³/mol. The Balaban J connectivity index is 1.27. The van der Waals surface area contributed by atoms with Crippen LogP contribution < -0.4 is 5.32 Å². The summed E-state index contributed by atoms with van der Waals surface area (Å²) in [5.74, 6) is 1.37. The SMILES string of the molecule is Cc1cccc2nc(C3CCN(Cc4cccc5c4NCC5)CC3)oc12. The van der Waals surface area contributed by atoms with Crippen molar-refractivity contribution < 1.29 is 4.42 Å². The third kappa shape index (κ3) is 2.78. The molecule has 0 spiro atoms. The van der Waals surface area contributed by atoms with Crippen molar-refractivity contribution >= 4 is 16.8 Å². The van der Waals surface area contributed by atoms with Crippen molar-refractivity contribution in [2.45, 2.75) is 38.6 Å². The number of hydrogen-bond donors (Lipinski definition) is 1. The first-order valence-corrected chi connectivity index (χ1v) is 9.71. The lowest BCUT2D eigenvalue weighted by Crippen LogP contribution is -2.32. The van der Waals surface area contributed by atoms with E-state index in [-0.39, 0.29) is 0 Å². The van der Waals surface area contributed by atoms with E-state index in [1.165, 1.54) is 22.4 Å². The number of hydrogen-bond acceptors (Lipinski definition) is 4. The smallest absolute Gasteiger partial charge is 0.198 e. The van der Waals surface area contributed by atoms with Crippen molar-refractivity contribution in [3.05, 3.63) is 59.0 Å². The first-order valence-electron chi connectivity index (χ1n) is 9.71. The molecule has 2 aliphatic heterocycles. The maximum absolute atomic E-state index is 6.11. The van der Waals surface area contributed by atoms with Crippen LogP contribution in [0.3, 0.4) is 0 Å². The van der Waals surface area contributed by atoms with Gasteiger partial charge in [0.05, 0.1) is 0 Å². The fourth-order valence-electron chi connectivity index (χ4n) is 4.40. The number of likely N-dealkylation sites (tertiary alicyclic amines) is 1. The standard InChI is InChI=1S/C22H25N3O/c1-15-4-2-7-19-21(15)26-22(24-19)17-9-12-25(13-10-17)14-18-6-3-5-16-8-11-23-20(16)18/h2-7,17,23H,8-14H2,1H3. The largest absolute Gasteiger partial charge is 0.440 e. The zero-order chi connectivity index (χ0) is 17.5. The molecule has 3 aromatic rings. The Morgan fingerprint density at radius 2 is 2.00 bits per heavy atom. The summed E-state index contributed by atoms with van der Waals surface area (Å²) in [6.07, 6.45) is 3.39. The Hall–Kier alpha value is -2.33. The molecule has 3 heterocycles. The van der Waals surface area contributed by atoms with Crippen LogP contribution in [0.1, 0.15) is 41.3 Å². The summed E-state index contributed by atoms with van der Waals surface area (Å²) in [6, 6.07) is 12.9. The fraction of sp³-hybridized carbons (Fsp3) is 0.409. The van der Waals surface area contributed by atoms with Gasteiger partial charge in [0.2, 0.25) is 0 Å². The lowest BCUT2D eigenvalue weighted by Gasteiger charge is -2.31. The highest BCUT2D eigenvalue weighted by atomic mass is 16.3. The molecule has 1 fully saturated rings. The molecule has 134 valence electrons. The van der Waals surface area contributed by atoms with Gasteiger partial charge in [-0.3, -0.25) is 4.90 Å². The van der Waals surface area contributed by atoms with Gasteiger partial charge in [-0.1, -0.05) is 30.3 Å². The number of aryl methyl sites for hydroxylation is 1. The van der Waals surface area contributed by atoms with Gasteiger partial charge in [-0.05, 0) is 62.0 Å². The summed E-state index contributed by atoms with van der Waals surface area (Å²) >= 11 is 0. The van der Waals surface area contributed by atoms with E-state index in [0.29, 0.717) is 5.92 Å². The minimum absolute atomic E-state index is 0.442. The van der Waals surface area contributed by atoms with E-state index in [2.05, 4.69) is 47.5 Å². The zero-order valence-electron chi connectivity index (χ0n) is 15.3. The molecular weight excluding hydrogens is 322 g/mol. The molecular formula is C22H25N3O. The predicted octanol–water partition coefficient (Wildman–Crippen LogP) is 4.48. The highest BCUT2D eigenvalue weighted by molar-refractivity contribution is 5.76. The Kier molecular flexibility index (Phi) is 3.93. The van der Waals surface area contributed by atoms with E-state index in [1.807, 2.05) is 6.07 Å². The van der Waals surface area contributed by atoms with Crippen molar-refractivity contribution in [3.63, 3.8) is 0 Å². The van der Waals surface area contributed by atoms with Gasteiger partial charge in [0, 0.05) is 24.7 Å². The minimum Gasteiger partial charge on any atom is -0.440 e. The second-order valence-electron chi connectivity index (χ2n) is 7.65.